The summed E-state index contributed by atoms with van der Waals surface area (Å²) >= 11 is 0. The van der Waals surface area contributed by atoms with Crippen LogP contribution in [0, 0.1) is 5.82 Å². The second-order valence-electron chi connectivity index (χ2n) is 7.12. The Morgan fingerprint density at radius 1 is 1.18 bits per heavy atom. The lowest BCUT2D eigenvalue weighted by Gasteiger charge is -2.37. The SMILES string of the molecule is CCOc1ccc(S(=O)(=O)N2C3CCC2CC(Oc2ccccn2)C3)cc1F. The Bertz CT molecular complexity index is 924. The van der Waals surface area contributed by atoms with Crippen LogP contribution in [-0.2, 0) is 10.0 Å². The summed E-state index contributed by atoms with van der Waals surface area (Å²) in [6, 6.07) is 9.03. The molecule has 2 aliphatic rings. The van der Waals surface area contributed by atoms with Crippen LogP contribution in [0.4, 0.5) is 4.39 Å². The Kier molecular flexibility index (Phi) is 5.25. The molecular weight excluding hydrogens is 383 g/mol. The number of fused-ring (bicyclic) bond motifs is 2. The van der Waals surface area contributed by atoms with E-state index in [4.69, 9.17) is 9.47 Å². The van der Waals surface area contributed by atoms with E-state index in [1.54, 1.807) is 23.5 Å². The fraction of sp³-hybridized carbons (Fsp3) is 0.450. The maximum absolute atomic E-state index is 14.2. The topological polar surface area (TPSA) is 68.7 Å². The van der Waals surface area contributed by atoms with Gasteiger partial charge in [-0.1, -0.05) is 6.07 Å². The van der Waals surface area contributed by atoms with Crippen molar-refractivity contribution in [1.82, 2.24) is 9.29 Å². The van der Waals surface area contributed by atoms with E-state index < -0.39 is 15.8 Å². The number of halogens is 1. The second-order valence-corrected chi connectivity index (χ2v) is 8.97. The van der Waals surface area contributed by atoms with Crippen LogP contribution in [0.15, 0.2) is 47.5 Å². The lowest BCUT2D eigenvalue weighted by atomic mass is 10.0. The molecule has 28 heavy (non-hydrogen) atoms. The molecule has 2 fully saturated rings. The molecule has 2 saturated heterocycles. The maximum atomic E-state index is 14.2. The van der Waals surface area contributed by atoms with Crippen LogP contribution in [0.2, 0.25) is 0 Å². The average Bonchev–Trinajstić information content (AvgIpc) is 2.96. The Morgan fingerprint density at radius 3 is 2.54 bits per heavy atom. The molecule has 4 rings (SSSR count). The van der Waals surface area contributed by atoms with Crippen molar-refractivity contribution in [3.05, 3.63) is 48.4 Å². The smallest absolute Gasteiger partial charge is 0.243 e. The molecule has 0 saturated carbocycles. The quantitative estimate of drug-likeness (QED) is 0.736. The number of piperidine rings is 1. The second kappa shape index (κ2) is 7.67. The van der Waals surface area contributed by atoms with Gasteiger partial charge < -0.3 is 9.47 Å². The number of pyridine rings is 1. The molecule has 3 heterocycles. The molecule has 1 aromatic carbocycles. The molecule has 0 aliphatic carbocycles. The average molecular weight is 406 g/mol. The molecule has 0 amide bonds. The largest absolute Gasteiger partial charge is 0.491 e. The number of ether oxygens (including phenoxy) is 2. The minimum absolute atomic E-state index is 0.0329. The number of benzene rings is 1. The molecule has 2 bridgehead atoms. The number of hydrogen-bond donors (Lipinski definition) is 0. The molecule has 2 unspecified atom stereocenters. The van der Waals surface area contributed by atoms with Gasteiger partial charge in [0.2, 0.25) is 15.9 Å². The van der Waals surface area contributed by atoms with Crippen LogP contribution in [0.1, 0.15) is 32.6 Å². The summed E-state index contributed by atoms with van der Waals surface area (Å²) in [5, 5.41) is 0. The molecule has 150 valence electrons. The van der Waals surface area contributed by atoms with Crippen LogP contribution >= 0.6 is 0 Å². The summed E-state index contributed by atoms with van der Waals surface area (Å²) in [4.78, 5) is 4.15. The van der Waals surface area contributed by atoms with Crippen LogP contribution in [-0.4, -0.2) is 42.5 Å². The van der Waals surface area contributed by atoms with Crippen molar-refractivity contribution in [2.45, 2.75) is 55.7 Å². The van der Waals surface area contributed by atoms with E-state index in [9.17, 15) is 12.8 Å². The lowest BCUT2D eigenvalue weighted by Crippen LogP contribution is -2.49. The highest BCUT2D eigenvalue weighted by Gasteiger charge is 2.48. The summed E-state index contributed by atoms with van der Waals surface area (Å²) in [5.41, 5.74) is 0. The van der Waals surface area contributed by atoms with Crippen molar-refractivity contribution < 1.29 is 22.3 Å². The summed E-state index contributed by atoms with van der Waals surface area (Å²) < 4.78 is 53.3. The number of hydrogen-bond acceptors (Lipinski definition) is 5. The molecule has 8 heteroatoms. The van der Waals surface area contributed by atoms with E-state index in [-0.39, 0.29) is 28.8 Å². The fourth-order valence-electron chi connectivity index (χ4n) is 4.20. The van der Waals surface area contributed by atoms with Gasteiger partial charge in [0.25, 0.3) is 0 Å². The van der Waals surface area contributed by atoms with Gasteiger partial charge in [-0.05, 0) is 44.0 Å². The first-order valence-electron chi connectivity index (χ1n) is 9.52. The Hall–Kier alpha value is -2.19. The highest BCUT2D eigenvalue weighted by molar-refractivity contribution is 7.89. The van der Waals surface area contributed by atoms with E-state index in [0.29, 0.717) is 25.3 Å². The Morgan fingerprint density at radius 2 is 1.93 bits per heavy atom. The highest BCUT2D eigenvalue weighted by Crippen LogP contribution is 2.41. The first kappa shape index (κ1) is 19.1. The molecule has 2 aliphatic heterocycles. The van der Waals surface area contributed by atoms with Gasteiger partial charge in [0.1, 0.15) is 6.10 Å². The normalized spacial score (nSPS) is 24.9. The number of aromatic nitrogens is 1. The van der Waals surface area contributed by atoms with Crippen LogP contribution in [0.5, 0.6) is 11.6 Å². The number of nitrogens with zero attached hydrogens (tertiary/aromatic N) is 2. The van der Waals surface area contributed by atoms with Gasteiger partial charge in [-0.25, -0.2) is 17.8 Å². The number of sulfonamides is 1. The van der Waals surface area contributed by atoms with E-state index in [1.165, 1.54) is 12.1 Å². The molecule has 2 atom stereocenters. The van der Waals surface area contributed by atoms with Crippen molar-refractivity contribution in [1.29, 1.82) is 0 Å². The predicted molar refractivity (Wildman–Crippen MR) is 101 cm³/mol. The summed E-state index contributed by atoms with van der Waals surface area (Å²) in [7, 11) is -3.78. The fourth-order valence-corrected chi connectivity index (χ4v) is 6.10. The molecule has 1 aromatic heterocycles. The maximum Gasteiger partial charge on any atom is 0.243 e. The molecule has 2 aromatic rings. The summed E-state index contributed by atoms with van der Waals surface area (Å²) in [6.45, 7) is 2.07. The Labute approximate surface area is 164 Å². The zero-order valence-corrected chi connectivity index (χ0v) is 16.4. The third-order valence-corrected chi connectivity index (χ3v) is 7.33. The van der Waals surface area contributed by atoms with Gasteiger partial charge in [0.15, 0.2) is 11.6 Å². The van der Waals surface area contributed by atoms with Crippen LogP contribution < -0.4 is 9.47 Å². The van der Waals surface area contributed by atoms with E-state index in [0.717, 1.165) is 18.9 Å². The van der Waals surface area contributed by atoms with Crippen molar-refractivity contribution in [3.63, 3.8) is 0 Å². The van der Waals surface area contributed by atoms with Gasteiger partial charge in [0, 0.05) is 37.2 Å². The minimum atomic E-state index is -3.78. The predicted octanol–water partition coefficient (Wildman–Crippen LogP) is 3.38. The third kappa shape index (κ3) is 3.58. The lowest BCUT2D eigenvalue weighted by molar-refractivity contribution is 0.0918. The first-order chi connectivity index (χ1) is 13.5. The third-order valence-electron chi connectivity index (χ3n) is 5.33. The zero-order valence-electron chi connectivity index (χ0n) is 15.6. The molecule has 0 N–H and O–H groups in total. The van der Waals surface area contributed by atoms with E-state index in [1.807, 2.05) is 12.1 Å². The van der Waals surface area contributed by atoms with Crippen molar-refractivity contribution in [3.8, 4) is 11.6 Å². The summed E-state index contributed by atoms with van der Waals surface area (Å²) in [6.07, 6.45) is 4.37. The van der Waals surface area contributed by atoms with Crippen molar-refractivity contribution in [2.75, 3.05) is 6.61 Å². The Balaban J connectivity index is 1.53. The number of rotatable bonds is 6. The molecule has 6 nitrogen and oxygen atoms in total. The van der Waals surface area contributed by atoms with Crippen LogP contribution in [0.3, 0.4) is 0 Å². The van der Waals surface area contributed by atoms with Gasteiger partial charge in [0.05, 0.1) is 11.5 Å². The van der Waals surface area contributed by atoms with Gasteiger partial charge in [-0.3, -0.25) is 0 Å². The van der Waals surface area contributed by atoms with Crippen LogP contribution in [0.25, 0.3) is 0 Å². The minimum Gasteiger partial charge on any atom is -0.491 e. The van der Waals surface area contributed by atoms with Gasteiger partial charge in [-0.2, -0.15) is 4.31 Å². The highest BCUT2D eigenvalue weighted by atomic mass is 32.2. The molecule has 0 radical (unpaired) electrons. The van der Waals surface area contributed by atoms with Crippen molar-refractivity contribution >= 4 is 10.0 Å². The molecule has 0 spiro atoms. The molecular formula is C20H23FN2O4S. The van der Waals surface area contributed by atoms with E-state index in [2.05, 4.69) is 4.98 Å². The van der Waals surface area contributed by atoms with Gasteiger partial charge >= 0.3 is 0 Å². The van der Waals surface area contributed by atoms with Gasteiger partial charge in [-0.15, -0.1) is 0 Å². The van der Waals surface area contributed by atoms with Crippen molar-refractivity contribution in [2.24, 2.45) is 0 Å². The monoisotopic (exact) mass is 406 g/mol. The standard InChI is InChI=1S/C20H23FN2O4S/c1-2-26-19-9-8-17(13-18(19)21)28(24,25)23-14-6-7-15(23)12-16(11-14)27-20-5-3-4-10-22-20/h3-5,8-10,13-16H,2,6-7,11-12H2,1H3. The summed E-state index contributed by atoms with van der Waals surface area (Å²) in [5.74, 6) is -0.0488. The first-order valence-corrected chi connectivity index (χ1v) is 11.0. The van der Waals surface area contributed by atoms with E-state index >= 15 is 0 Å². The zero-order chi connectivity index (χ0) is 19.7.